The number of allylic oxidation sites excluding steroid dienone is 4. The van der Waals surface area contributed by atoms with Crippen LogP contribution in [-0.2, 0) is 12.0 Å². The average Bonchev–Trinajstić information content (AvgIpc) is 3.10. The normalized spacial score (nSPS) is 16.3. The lowest BCUT2D eigenvalue weighted by molar-refractivity contribution is -0.658. The molecule has 1 aliphatic rings. The smallest absolute Gasteiger partial charge is 0.263 e. The predicted molar refractivity (Wildman–Crippen MR) is 133 cm³/mol. The quantitative estimate of drug-likeness (QED) is 0.329. The molecule has 0 saturated heterocycles. The summed E-state index contributed by atoms with van der Waals surface area (Å²) in [4.78, 5) is 2.31. The summed E-state index contributed by atoms with van der Waals surface area (Å²) < 4.78 is 3.68. The minimum Gasteiger partial charge on any atom is -0.347 e. The Labute approximate surface area is 185 Å². The van der Waals surface area contributed by atoms with Crippen LogP contribution in [0.25, 0.3) is 16.3 Å². The van der Waals surface area contributed by atoms with E-state index in [1.807, 2.05) is 17.4 Å². The standard InChI is InChI=1S/C26H29N2S.CH4/c1-7-15-28-22-16-18(2)19(3)17-23(22)29-25(28)14-10-13-24-26(4,5)20-11-8-9-12-21(20)27(24)6;/h7-14,16-17H,1,15H2,2-6H3;1H4/q+1;. The summed E-state index contributed by atoms with van der Waals surface area (Å²) in [5.74, 6) is 0. The van der Waals surface area contributed by atoms with E-state index in [4.69, 9.17) is 0 Å². The highest BCUT2D eigenvalue weighted by molar-refractivity contribution is 7.18. The van der Waals surface area contributed by atoms with Crippen molar-refractivity contribution >= 4 is 33.3 Å². The first kappa shape index (κ1) is 22.0. The highest BCUT2D eigenvalue weighted by atomic mass is 32.1. The molecule has 1 aromatic heterocycles. The largest absolute Gasteiger partial charge is 0.347 e. The van der Waals surface area contributed by atoms with Crippen LogP contribution in [0, 0.1) is 13.8 Å². The van der Waals surface area contributed by atoms with Crippen LogP contribution in [0.2, 0.25) is 0 Å². The van der Waals surface area contributed by atoms with Crippen LogP contribution in [0.4, 0.5) is 5.69 Å². The second-order valence-electron chi connectivity index (χ2n) is 8.36. The van der Waals surface area contributed by atoms with Gasteiger partial charge in [0.2, 0.25) is 5.52 Å². The number of aryl methyl sites for hydroxylation is 2. The van der Waals surface area contributed by atoms with Crippen molar-refractivity contribution in [3.8, 4) is 0 Å². The molecule has 0 fully saturated rings. The Morgan fingerprint density at radius 1 is 1.13 bits per heavy atom. The van der Waals surface area contributed by atoms with E-state index in [1.54, 1.807) is 0 Å². The molecular formula is C27H33N2S+. The van der Waals surface area contributed by atoms with E-state index < -0.39 is 0 Å². The number of likely N-dealkylation sites (N-methyl/N-ethyl adjacent to an activating group) is 1. The molecule has 0 saturated carbocycles. The molecule has 3 aromatic rings. The van der Waals surface area contributed by atoms with Gasteiger partial charge in [-0.3, -0.25) is 0 Å². The van der Waals surface area contributed by atoms with Gasteiger partial charge in [-0.1, -0.05) is 63.5 Å². The molecule has 156 valence electrons. The Bertz CT molecular complexity index is 1160. The first-order valence-corrected chi connectivity index (χ1v) is 10.9. The van der Waals surface area contributed by atoms with Crippen LogP contribution in [0.3, 0.4) is 0 Å². The van der Waals surface area contributed by atoms with E-state index in [1.165, 1.54) is 43.3 Å². The summed E-state index contributed by atoms with van der Waals surface area (Å²) in [5, 5.41) is 1.25. The van der Waals surface area contributed by atoms with E-state index in [0.29, 0.717) is 0 Å². The molecule has 2 nitrogen and oxygen atoms in total. The maximum atomic E-state index is 3.96. The third-order valence-electron chi connectivity index (χ3n) is 6.09. The number of anilines is 1. The second kappa shape index (κ2) is 8.23. The number of para-hydroxylation sites is 1. The second-order valence-corrected chi connectivity index (χ2v) is 9.42. The van der Waals surface area contributed by atoms with Crippen LogP contribution in [0.5, 0.6) is 0 Å². The number of hydrogen-bond acceptors (Lipinski definition) is 2. The molecule has 0 N–H and O–H groups in total. The van der Waals surface area contributed by atoms with E-state index in [-0.39, 0.29) is 12.8 Å². The maximum Gasteiger partial charge on any atom is 0.263 e. The van der Waals surface area contributed by atoms with Gasteiger partial charge in [-0.2, -0.15) is 4.57 Å². The average molecular weight is 418 g/mol. The van der Waals surface area contributed by atoms with Crippen molar-refractivity contribution in [2.45, 2.75) is 47.1 Å². The zero-order chi connectivity index (χ0) is 20.8. The number of aromatic nitrogens is 1. The van der Waals surface area contributed by atoms with Crippen LogP contribution in [0.1, 0.15) is 43.0 Å². The minimum atomic E-state index is 0. The van der Waals surface area contributed by atoms with Gasteiger partial charge in [-0.05, 0) is 54.8 Å². The predicted octanol–water partition coefficient (Wildman–Crippen LogP) is 6.95. The maximum absolute atomic E-state index is 3.96. The molecule has 2 aromatic carbocycles. The lowest BCUT2D eigenvalue weighted by Crippen LogP contribution is -2.34. The Balaban J connectivity index is 0.00000256. The van der Waals surface area contributed by atoms with E-state index in [9.17, 15) is 0 Å². The van der Waals surface area contributed by atoms with Gasteiger partial charge in [0, 0.05) is 36.0 Å². The van der Waals surface area contributed by atoms with Gasteiger partial charge in [0.25, 0.3) is 5.01 Å². The number of thiazole rings is 1. The number of rotatable bonds is 4. The monoisotopic (exact) mass is 417 g/mol. The summed E-state index contributed by atoms with van der Waals surface area (Å²) >= 11 is 1.84. The molecule has 30 heavy (non-hydrogen) atoms. The first-order chi connectivity index (χ1) is 13.8. The van der Waals surface area contributed by atoms with E-state index in [2.05, 4.69) is 105 Å². The number of nitrogens with zero attached hydrogens (tertiary/aromatic N) is 2. The van der Waals surface area contributed by atoms with Crippen molar-refractivity contribution in [1.82, 2.24) is 0 Å². The Kier molecular flexibility index (Phi) is 6.05. The molecule has 0 bridgehead atoms. The van der Waals surface area contributed by atoms with Gasteiger partial charge in [-0.25, -0.2) is 0 Å². The molecule has 0 amide bonds. The van der Waals surface area contributed by atoms with Crippen molar-refractivity contribution in [2.75, 3.05) is 11.9 Å². The number of benzene rings is 2. The first-order valence-electron chi connectivity index (χ1n) is 10.1. The lowest BCUT2D eigenvalue weighted by Gasteiger charge is -2.23. The van der Waals surface area contributed by atoms with Crippen molar-refractivity contribution in [1.29, 1.82) is 0 Å². The number of fused-ring (bicyclic) bond motifs is 2. The van der Waals surface area contributed by atoms with Crippen LogP contribution in [0.15, 0.2) is 66.9 Å². The Hall–Kier alpha value is -2.65. The third-order valence-corrected chi connectivity index (χ3v) is 7.20. The van der Waals surface area contributed by atoms with Crippen molar-refractivity contribution < 1.29 is 4.57 Å². The molecule has 4 rings (SSSR count). The minimum absolute atomic E-state index is 0. The molecule has 3 heteroatoms. The molecule has 0 spiro atoms. The highest BCUT2D eigenvalue weighted by Crippen LogP contribution is 2.46. The van der Waals surface area contributed by atoms with Gasteiger partial charge in [0.15, 0.2) is 6.54 Å². The lowest BCUT2D eigenvalue weighted by atomic mass is 9.84. The van der Waals surface area contributed by atoms with Gasteiger partial charge in [0.05, 0.1) is 0 Å². The van der Waals surface area contributed by atoms with Crippen LogP contribution >= 0.6 is 11.3 Å². The summed E-state index contributed by atoms with van der Waals surface area (Å²) in [6, 6.07) is 13.3. The van der Waals surface area contributed by atoms with Gasteiger partial charge < -0.3 is 4.90 Å². The zero-order valence-corrected chi connectivity index (χ0v) is 18.8. The fraction of sp³-hybridized carbons (Fsp3) is 0.296. The molecule has 0 radical (unpaired) electrons. The topological polar surface area (TPSA) is 7.12 Å². The summed E-state index contributed by atoms with van der Waals surface area (Å²) in [7, 11) is 2.16. The Morgan fingerprint density at radius 3 is 2.53 bits per heavy atom. The van der Waals surface area contributed by atoms with Crippen molar-refractivity contribution in [2.24, 2.45) is 0 Å². The fourth-order valence-corrected chi connectivity index (χ4v) is 5.48. The Morgan fingerprint density at radius 2 is 1.83 bits per heavy atom. The van der Waals surface area contributed by atoms with Gasteiger partial charge in [-0.15, -0.1) is 0 Å². The molecular weight excluding hydrogens is 384 g/mol. The zero-order valence-electron chi connectivity index (χ0n) is 18.0. The molecule has 0 aliphatic carbocycles. The van der Waals surface area contributed by atoms with Crippen molar-refractivity contribution in [3.63, 3.8) is 0 Å². The van der Waals surface area contributed by atoms with Crippen molar-refractivity contribution in [3.05, 3.63) is 88.6 Å². The fourth-order valence-electron chi connectivity index (χ4n) is 4.32. The summed E-state index contributed by atoms with van der Waals surface area (Å²) in [6.07, 6.45) is 8.67. The van der Waals surface area contributed by atoms with E-state index >= 15 is 0 Å². The molecule has 0 unspecified atom stereocenters. The van der Waals surface area contributed by atoms with Gasteiger partial charge in [0.1, 0.15) is 4.70 Å². The van der Waals surface area contributed by atoms with Crippen LogP contribution < -0.4 is 9.47 Å². The third kappa shape index (κ3) is 3.52. The van der Waals surface area contributed by atoms with Gasteiger partial charge >= 0.3 is 0 Å². The number of hydrogen-bond donors (Lipinski definition) is 0. The molecule has 2 heterocycles. The van der Waals surface area contributed by atoms with Crippen LogP contribution in [-0.4, -0.2) is 7.05 Å². The SMILES string of the molecule is C.C=CC[n+]1c(C=CC=C2N(C)c3ccccc3C2(C)C)sc2cc(C)c(C)cc21. The summed E-state index contributed by atoms with van der Waals surface area (Å²) in [6.45, 7) is 13.7. The summed E-state index contributed by atoms with van der Waals surface area (Å²) in [5.41, 5.74) is 7.96. The van der Waals surface area contributed by atoms with E-state index in [0.717, 1.165) is 6.54 Å². The molecule has 1 aliphatic heterocycles. The highest BCUT2D eigenvalue weighted by Gasteiger charge is 2.37. The molecule has 0 atom stereocenters.